The molecular formula is C18H33IN4. The van der Waals surface area contributed by atoms with Gasteiger partial charge in [0.25, 0.3) is 0 Å². The van der Waals surface area contributed by atoms with E-state index in [-0.39, 0.29) is 24.0 Å². The van der Waals surface area contributed by atoms with Crippen LogP contribution in [0.5, 0.6) is 0 Å². The largest absolute Gasteiger partial charge is 0.357 e. The van der Waals surface area contributed by atoms with Crippen molar-refractivity contribution in [3.05, 3.63) is 35.4 Å². The number of rotatable bonds is 8. The summed E-state index contributed by atoms with van der Waals surface area (Å²) in [4.78, 5) is 6.98. The molecule has 0 amide bonds. The van der Waals surface area contributed by atoms with Gasteiger partial charge in [-0.2, -0.15) is 0 Å². The topological polar surface area (TPSA) is 39.7 Å². The predicted octanol–water partition coefficient (Wildman–Crippen LogP) is 3.47. The predicted molar refractivity (Wildman–Crippen MR) is 112 cm³/mol. The second-order valence-corrected chi connectivity index (χ2v) is 6.12. The Hall–Kier alpha value is -0.820. The number of nitrogens with one attached hydrogen (secondary N) is 2. The van der Waals surface area contributed by atoms with Crippen molar-refractivity contribution in [2.75, 3.05) is 26.7 Å². The van der Waals surface area contributed by atoms with Crippen LogP contribution in [0.1, 0.15) is 38.8 Å². The van der Waals surface area contributed by atoms with E-state index in [0.29, 0.717) is 12.5 Å². The van der Waals surface area contributed by atoms with E-state index >= 15 is 0 Å². The van der Waals surface area contributed by atoms with Gasteiger partial charge in [-0.05, 0) is 37.6 Å². The highest BCUT2D eigenvalue weighted by molar-refractivity contribution is 14.0. The van der Waals surface area contributed by atoms with Gasteiger partial charge in [0, 0.05) is 19.6 Å². The number of hydrogen-bond acceptors (Lipinski definition) is 2. The first-order valence-electron chi connectivity index (χ1n) is 8.33. The minimum Gasteiger partial charge on any atom is -0.357 e. The lowest BCUT2D eigenvalue weighted by Crippen LogP contribution is -2.39. The quantitative estimate of drug-likeness (QED) is 0.376. The monoisotopic (exact) mass is 432 g/mol. The van der Waals surface area contributed by atoms with Gasteiger partial charge in [-0.25, -0.2) is 4.99 Å². The molecule has 0 heterocycles. The molecule has 0 atom stereocenters. The SMILES string of the molecule is CCNC(=NCc1cccc(CN(C)CC)c1)NCC(C)C.I. The molecule has 0 unspecified atom stereocenters. The standard InChI is InChI=1S/C18H32N4.HI/c1-6-19-18(20-12-15(3)4)21-13-16-9-8-10-17(11-16)14-22(5)7-2;/h8-11,15H,6-7,12-14H2,1-5H3,(H2,19,20,21);1H. The molecule has 0 aliphatic rings. The van der Waals surface area contributed by atoms with Gasteiger partial charge >= 0.3 is 0 Å². The molecule has 0 aliphatic carbocycles. The third-order valence-corrected chi connectivity index (χ3v) is 3.43. The number of nitrogens with zero attached hydrogens (tertiary/aromatic N) is 2. The van der Waals surface area contributed by atoms with Crippen LogP contribution < -0.4 is 10.6 Å². The minimum absolute atomic E-state index is 0. The fourth-order valence-corrected chi connectivity index (χ4v) is 2.06. The number of benzene rings is 1. The second-order valence-electron chi connectivity index (χ2n) is 6.12. The Bertz CT molecular complexity index is 460. The van der Waals surface area contributed by atoms with Crippen LogP contribution in [0, 0.1) is 5.92 Å². The van der Waals surface area contributed by atoms with Crippen molar-refractivity contribution in [2.24, 2.45) is 10.9 Å². The zero-order chi connectivity index (χ0) is 16.4. The Morgan fingerprint density at radius 3 is 2.48 bits per heavy atom. The summed E-state index contributed by atoms with van der Waals surface area (Å²) in [5.74, 6) is 1.50. The highest BCUT2D eigenvalue weighted by Crippen LogP contribution is 2.08. The zero-order valence-electron chi connectivity index (χ0n) is 15.2. The molecule has 2 N–H and O–H groups in total. The maximum absolute atomic E-state index is 4.68. The number of hydrogen-bond donors (Lipinski definition) is 2. The maximum atomic E-state index is 4.68. The van der Waals surface area contributed by atoms with Gasteiger partial charge in [0.15, 0.2) is 5.96 Å². The van der Waals surface area contributed by atoms with Gasteiger partial charge in [-0.15, -0.1) is 24.0 Å². The molecule has 5 heteroatoms. The smallest absolute Gasteiger partial charge is 0.191 e. The summed E-state index contributed by atoms with van der Waals surface area (Å²) >= 11 is 0. The van der Waals surface area contributed by atoms with Gasteiger partial charge in [-0.3, -0.25) is 0 Å². The first kappa shape index (κ1) is 22.2. The summed E-state index contributed by atoms with van der Waals surface area (Å²) in [6, 6.07) is 8.70. The lowest BCUT2D eigenvalue weighted by molar-refractivity contribution is 0.345. The third-order valence-electron chi connectivity index (χ3n) is 3.43. The lowest BCUT2D eigenvalue weighted by atomic mass is 10.1. The van der Waals surface area contributed by atoms with Crippen LogP contribution in [0.25, 0.3) is 0 Å². The lowest BCUT2D eigenvalue weighted by Gasteiger charge is -2.15. The molecule has 1 rings (SSSR count). The Labute approximate surface area is 159 Å². The molecule has 0 saturated carbocycles. The minimum atomic E-state index is 0. The molecule has 0 spiro atoms. The van der Waals surface area contributed by atoms with Gasteiger partial charge in [0.05, 0.1) is 6.54 Å². The van der Waals surface area contributed by atoms with E-state index in [1.54, 1.807) is 0 Å². The second kappa shape index (κ2) is 12.6. The van der Waals surface area contributed by atoms with Crippen molar-refractivity contribution >= 4 is 29.9 Å². The normalized spacial score (nSPS) is 11.5. The van der Waals surface area contributed by atoms with Crippen LogP contribution in [-0.4, -0.2) is 37.5 Å². The zero-order valence-corrected chi connectivity index (χ0v) is 17.6. The van der Waals surface area contributed by atoms with Crippen molar-refractivity contribution in [1.82, 2.24) is 15.5 Å². The van der Waals surface area contributed by atoms with E-state index in [1.807, 2.05) is 0 Å². The maximum Gasteiger partial charge on any atom is 0.191 e. The van der Waals surface area contributed by atoms with Crippen molar-refractivity contribution in [3.63, 3.8) is 0 Å². The molecule has 4 nitrogen and oxygen atoms in total. The van der Waals surface area contributed by atoms with Crippen LogP contribution in [0.4, 0.5) is 0 Å². The van der Waals surface area contributed by atoms with Crippen molar-refractivity contribution in [1.29, 1.82) is 0 Å². The van der Waals surface area contributed by atoms with E-state index in [1.165, 1.54) is 11.1 Å². The summed E-state index contributed by atoms with van der Waals surface area (Å²) in [5, 5.41) is 6.67. The molecule has 0 aliphatic heterocycles. The highest BCUT2D eigenvalue weighted by Gasteiger charge is 2.01. The molecule has 132 valence electrons. The molecule has 23 heavy (non-hydrogen) atoms. The van der Waals surface area contributed by atoms with Crippen LogP contribution in [0.3, 0.4) is 0 Å². The number of guanidine groups is 1. The summed E-state index contributed by atoms with van der Waals surface area (Å²) < 4.78 is 0. The van der Waals surface area contributed by atoms with Crippen molar-refractivity contribution < 1.29 is 0 Å². The first-order valence-corrected chi connectivity index (χ1v) is 8.33. The first-order chi connectivity index (χ1) is 10.5. The van der Waals surface area contributed by atoms with Gasteiger partial charge in [0.1, 0.15) is 0 Å². The van der Waals surface area contributed by atoms with Crippen LogP contribution in [0.2, 0.25) is 0 Å². The molecule has 0 radical (unpaired) electrons. The van der Waals surface area contributed by atoms with Crippen molar-refractivity contribution in [3.8, 4) is 0 Å². The van der Waals surface area contributed by atoms with Crippen LogP contribution in [-0.2, 0) is 13.1 Å². The Morgan fingerprint density at radius 1 is 1.17 bits per heavy atom. The molecule has 0 saturated heterocycles. The summed E-state index contributed by atoms with van der Waals surface area (Å²) in [6.45, 7) is 13.2. The van der Waals surface area contributed by atoms with Crippen LogP contribution in [0.15, 0.2) is 29.3 Å². The third kappa shape index (κ3) is 9.81. The van der Waals surface area contributed by atoms with Gasteiger partial charge < -0.3 is 15.5 Å². The van der Waals surface area contributed by atoms with E-state index < -0.39 is 0 Å². The Morgan fingerprint density at radius 2 is 1.87 bits per heavy atom. The fraction of sp³-hybridized carbons (Fsp3) is 0.611. The number of halogens is 1. The Kier molecular flexibility index (Phi) is 12.1. The van der Waals surface area contributed by atoms with Crippen molar-refractivity contribution in [2.45, 2.75) is 40.8 Å². The molecule has 0 bridgehead atoms. The van der Waals surface area contributed by atoms with E-state index in [4.69, 9.17) is 0 Å². The highest BCUT2D eigenvalue weighted by atomic mass is 127. The summed E-state index contributed by atoms with van der Waals surface area (Å²) in [7, 11) is 2.14. The summed E-state index contributed by atoms with van der Waals surface area (Å²) in [6.07, 6.45) is 0. The molecule has 0 aromatic heterocycles. The molecule has 1 aromatic rings. The number of aliphatic imine (C=N–C) groups is 1. The van der Waals surface area contributed by atoms with E-state index in [2.05, 4.69) is 79.5 Å². The molecule has 0 fully saturated rings. The van der Waals surface area contributed by atoms with Crippen LogP contribution >= 0.6 is 24.0 Å². The molecular weight excluding hydrogens is 399 g/mol. The molecule has 1 aromatic carbocycles. The van der Waals surface area contributed by atoms with E-state index in [9.17, 15) is 0 Å². The fourth-order valence-electron chi connectivity index (χ4n) is 2.06. The summed E-state index contributed by atoms with van der Waals surface area (Å²) in [5.41, 5.74) is 2.60. The van der Waals surface area contributed by atoms with Gasteiger partial charge in [0.2, 0.25) is 0 Å². The van der Waals surface area contributed by atoms with Gasteiger partial charge in [-0.1, -0.05) is 45.0 Å². The Balaban J connectivity index is 0.00000484. The average molecular weight is 432 g/mol. The average Bonchev–Trinajstić information content (AvgIpc) is 2.50. The van der Waals surface area contributed by atoms with E-state index in [0.717, 1.165) is 32.1 Å².